The van der Waals surface area contributed by atoms with Crippen LogP contribution < -0.4 is 4.72 Å². The lowest BCUT2D eigenvalue weighted by Gasteiger charge is -2.12. The fourth-order valence-corrected chi connectivity index (χ4v) is 3.19. The van der Waals surface area contributed by atoms with E-state index in [1.807, 2.05) is 6.92 Å². The zero-order valence-electron chi connectivity index (χ0n) is 10.8. The average Bonchev–Trinajstić information content (AvgIpc) is 3.20. The van der Waals surface area contributed by atoms with Gasteiger partial charge in [-0.2, -0.15) is 0 Å². The molecule has 2 N–H and O–H groups in total. The third kappa shape index (κ3) is 3.52. The predicted octanol–water partition coefficient (Wildman–Crippen LogP) is 1.64. The molecule has 1 aromatic carbocycles. The molecule has 0 spiro atoms. The number of rotatable bonds is 6. The van der Waals surface area contributed by atoms with Crippen LogP contribution in [0.25, 0.3) is 0 Å². The van der Waals surface area contributed by atoms with E-state index < -0.39 is 22.4 Å². The molecule has 1 aliphatic rings. The quantitative estimate of drug-likeness (QED) is 0.836. The Kier molecular flexibility index (Phi) is 4.23. The van der Waals surface area contributed by atoms with Gasteiger partial charge < -0.3 is 5.11 Å². The van der Waals surface area contributed by atoms with Gasteiger partial charge in [0.05, 0.1) is 11.5 Å². The van der Waals surface area contributed by atoms with Crippen LogP contribution in [0.4, 0.5) is 4.39 Å². The molecular formula is C13H18FNO3S. The van der Waals surface area contributed by atoms with Gasteiger partial charge >= 0.3 is 0 Å². The summed E-state index contributed by atoms with van der Waals surface area (Å²) in [5.74, 6) is 0.323. The molecule has 0 bridgehead atoms. The van der Waals surface area contributed by atoms with E-state index >= 15 is 0 Å². The number of hydrogen-bond donors (Lipinski definition) is 2. The van der Waals surface area contributed by atoms with Gasteiger partial charge in [-0.15, -0.1) is 0 Å². The van der Waals surface area contributed by atoms with Crippen LogP contribution in [0.15, 0.2) is 23.1 Å². The third-order valence-electron chi connectivity index (χ3n) is 3.52. The Morgan fingerprint density at radius 2 is 2.16 bits per heavy atom. The minimum absolute atomic E-state index is 0.0130. The van der Waals surface area contributed by atoms with Crippen molar-refractivity contribution >= 4 is 10.0 Å². The van der Waals surface area contributed by atoms with Crippen LogP contribution in [0.5, 0.6) is 0 Å². The first-order valence-electron chi connectivity index (χ1n) is 6.33. The molecule has 19 heavy (non-hydrogen) atoms. The second-order valence-corrected chi connectivity index (χ2v) is 6.84. The van der Waals surface area contributed by atoms with Crippen molar-refractivity contribution < 1.29 is 17.9 Å². The maximum Gasteiger partial charge on any atom is 0.240 e. The van der Waals surface area contributed by atoms with Gasteiger partial charge in [0.1, 0.15) is 5.82 Å². The zero-order valence-corrected chi connectivity index (χ0v) is 11.6. The predicted molar refractivity (Wildman–Crippen MR) is 69.4 cm³/mol. The smallest absolute Gasteiger partial charge is 0.240 e. The van der Waals surface area contributed by atoms with E-state index in [1.165, 1.54) is 12.1 Å². The monoisotopic (exact) mass is 287 g/mol. The molecule has 0 aromatic heterocycles. The molecule has 0 heterocycles. The maximum absolute atomic E-state index is 13.2. The Labute approximate surface area is 112 Å². The summed E-state index contributed by atoms with van der Waals surface area (Å²) in [6.07, 6.45) is 2.32. The number of benzene rings is 1. The van der Waals surface area contributed by atoms with E-state index in [4.69, 9.17) is 5.11 Å². The van der Waals surface area contributed by atoms with Crippen LogP contribution in [0, 0.1) is 17.7 Å². The molecule has 1 saturated carbocycles. The van der Waals surface area contributed by atoms with Crippen molar-refractivity contribution in [1.82, 2.24) is 4.72 Å². The molecule has 0 aliphatic heterocycles. The third-order valence-corrected chi connectivity index (χ3v) is 4.94. The standard InChI is InChI=1S/C13H18FNO3S/c1-9(10-2-3-10)7-15-19(17,18)12-4-5-13(14)11(6-12)8-16/h4-6,9-10,15-16H,2-3,7-8H2,1H3. The van der Waals surface area contributed by atoms with E-state index in [0.29, 0.717) is 18.4 Å². The van der Waals surface area contributed by atoms with Crippen LogP contribution in [-0.4, -0.2) is 20.1 Å². The van der Waals surface area contributed by atoms with Crippen LogP contribution in [-0.2, 0) is 16.6 Å². The highest BCUT2D eigenvalue weighted by Gasteiger charge is 2.28. The normalized spacial score (nSPS) is 17.4. The average molecular weight is 287 g/mol. The first-order valence-corrected chi connectivity index (χ1v) is 7.81. The Balaban J connectivity index is 2.09. The minimum Gasteiger partial charge on any atom is -0.392 e. The lowest BCUT2D eigenvalue weighted by molar-refractivity contribution is 0.275. The summed E-state index contributed by atoms with van der Waals surface area (Å²) in [5.41, 5.74) is -0.0156. The summed E-state index contributed by atoms with van der Waals surface area (Å²) < 4.78 is 39.8. The molecule has 0 saturated heterocycles. The van der Waals surface area contributed by atoms with E-state index in [-0.39, 0.29) is 10.5 Å². The summed E-state index contributed by atoms with van der Waals surface area (Å²) >= 11 is 0. The Hall–Kier alpha value is -0.980. The molecule has 6 heteroatoms. The summed E-state index contributed by atoms with van der Waals surface area (Å²) in [6, 6.07) is 3.43. The SMILES string of the molecule is CC(CNS(=O)(=O)c1ccc(F)c(CO)c1)C1CC1. The maximum atomic E-state index is 13.2. The summed E-state index contributed by atoms with van der Waals surface area (Å²) in [4.78, 5) is -0.0130. The van der Waals surface area contributed by atoms with Gasteiger partial charge in [-0.25, -0.2) is 17.5 Å². The van der Waals surface area contributed by atoms with E-state index in [0.717, 1.165) is 18.9 Å². The molecule has 1 aromatic rings. The first kappa shape index (κ1) is 14.4. The van der Waals surface area contributed by atoms with Crippen LogP contribution in [0.3, 0.4) is 0 Å². The number of sulfonamides is 1. The summed E-state index contributed by atoms with van der Waals surface area (Å²) in [5, 5.41) is 8.95. The molecule has 4 nitrogen and oxygen atoms in total. The number of aliphatic hydroxyl groups excluding tert-OH is 1. The molecule has 1 fully saturated rings. The highest BCUT2D eigenvalue weighted by Crippen LogP contribution is 2.36. The van der Waals surface area contributed by atoms with Gasteiger partial charge in [-0.1, -0.05) is 6.92 Å². The van der Waals surface area contributed by atoms with Crippen molar-refractivity contribution in [1.29, 1.82) is 0 Å². The summed E-state index contributed by atoms with van der Waals surface area (Å²) in [7, 11) is -3.64. The highest BCUT2D eigenvalue weighted by molar-refractivity contribution is 7.89. The van der Waals surface area contributed by atoms with Crippen molar-refractivity contribution in [2.45, 2.75) is 31.3 Å². The second kappa shape index (κ2) is 5.56. The Morgan fingerprint density at radius 3 is 2.74 bits per heavy atom. The molecule has 106 valence electrons. The van der Waals surface area contributed by atoms with Crippen LogP contribution in [0.2, 0.25) is 0 Å². The fourth-order valence-electron chi connectivity index (χ4n) is 2.00. The molecule has 0 amide bonds. The van der Waals surface area contributed by atoms with Gasteiger partial charge in [0.2, 0.25) is 10.0 Å². The highest BCUT2D eigenvalue weighted by atomic mass is 32.2. The van der Waals surface area contributed by atoms with Crippen LogP contribution in [0.1, 0.15) is 25.3 Å². The fraction of sp³-hybridized carbons (Fsp3) is 0.538. The van der Waals surface area contributed by atoms with Crippen LogP contribution >= 0.6 is 0 Å². The molecule has 0 radical (unpaired) electrons. The van der Waals surface area contributed by atoms with Crippen molar-refractivity contribution in [3.05, 3.63) is 29.6 Å². The van der Waals surface area contributed by atoms with Gasteiger partial charge in [-0.3, -0.25) is 0 Å². The van der Waals surface area contributed by atoms with E-state index in [9.17, 15) is 12.8 Å². The molecule has 1 aliphatic carbocycles. The number of aliphatic hydroxyl groups is 1. The van der Waals surface area contributed by atoms with Gasteiger partial charge in [0.25, 0.3) is 0 Å². The largest absolute Gasteiger partial charge is 0.392 e. The van der Waals surface area contributed by atoms with Gasteiger partial charge in [0.15, 0.2) is 0 Å². The Morgan fingerprint density at radius 1 is 1.47 bits per heavy atom. The van der Waals surface area contributed by atoms with Crippen molar-refractivity contribution in [3.8, 4) is 0 Å². The minimum atomic E-state index is -3.64. The number of halogens is 1. The topological polar surface area (TPSA) is 66.4 Å². The first-order chi connectivity index (χ1) is 8.94. The lowest BCUT2D eigenvalue weighted by Crippen LogP contribution is -2.29. The molecule has 1 atom stereocenters. The van der Waals surface area contributed by atoms with E-state index in [2.05, 4.69) is 4.72 Å². The van der Waals surface area contributed by atoms with Gasteiger partial charge in [-0.05, 0) is 42.9 Å². The molecule has 2 rings (SSSR count). The lowest BCUT2D eigenvalue weighted by atomic mass is 10.1. The zero-order chi connectivity index (χ0) is 14.0. The number of nitrogens with one attached hydrogen (secondary N) is 1. The molecular weight excluding hydrogens is 269 g/mol. The van der Waals surface area contributed by atoms with E-state index in [1.54, 1.807) is 0 Å². The second-order valence-electron chi connectivity index (χ2n) is 5.08. The van der Waals surface area contributed by atoms with Gasteiger partial charge in [0, 0.05) is 12.1 Å². The van der Waals surface area contributed by atoms with Crippen molar-refractivity contribution in [3.63, 3.8) is 0 Å². The van der Waals surface area contributed by atoms with Crippen molar-refractivity contribution in [2.75, 3.05) is 6.54 Å². The summed E-state index contributed by atoms with van der Waals surface area (Å²) in [6.45, 7) is 1.89. The molecule has 1 unspecified atom stereocenters. The van der Waals surface area contributed by atoms with Crippen molar-refractivity contribution in [2.24, 2.45) is 11.8 Å². The number of hydrogen-bond acceptors (Lipinski definition) is 3. The Bertz CT molecular complexity index is 555.